The summed E-state index contributed by atoms with van der Waals surface area (Å²) in [7, 11) is -9.63. The van der Waals surface area contributed by atoms with E-state index in [4.69, 9.17) is 37.0 Å². The van der Waals surface area contributed by atoms with Crippen LogP contribution in [0.2, 0.25) is 0 Å². The molecule has 4 amide bonds. The molecule has 8 N–H and O–H groups in total. The Morgan fingerprint density at radius 2 is 0.678 bits per heavy atom. The Labute approximate surface area is 761 Å². The van der Waals surface area contributed by atoms with Crippen LogP contribution in [0.25, 0.3) is 0 Å². The first-order chi connectivity index (χ1) is 56.2. The summed E-state index contributed by atoms with van der Waals surface area (Å²) in [5.41, 5.74) is 0.115. The number of unbranched alkanes of at least 4 members (excludes halogenated alkanes) is 34. The Balaban J connectivity index is -0.0000168. The first-order valence-corrected chi connectivity index (χ1v) is 48.9. The molecule has 1 aromatic rings. The number of aliphatic hydroxyl groups excluding tert-OH is 2. The van der Waals surface area contributed by atoms with Gasteiger partial charge >= 0.3 is 86.7 Å². The van der Waals surface area contributed by atoms with E-state index in [0.717, 1.165) is 154 Å². The van der Waals surface area contributed by atoms with E-state index in [9.17, 15) is 57.9 Å². The number of ether oxygens (including phenoxy) is 4. The zero-order chi connectivity index (χ0) is 85.1. The van der Waals surface area contributed by atoms with Gasteiger partial charge in [0, 0.05) is 50.3 Å². The second-order valence-electron chi connectivity index (χ2n) is 31.5. The Bertz CT molecular complexity index is 2600. The number of benzene rings is 1. The average molecular weight is 1730 g/mol. The molecule has 0 aliphatic carbocycles. The van der Waals surface area contributed by atoms with Crippen molar-refractivity contribution in [1.82, 2.24) is 21.3 Å². The van der Waals surface area contributed by atoms with Crippen LogP contribution in [0.15, 0.2) is 48.6 Å². The van der Waals surface area contributed by atoms with Gasteiger partial charge in [0.25, 0.3) is 11.8 Å². The van der Waals surface area contributed by atoms with Gasteiger partial charge in [-0.05, 0) is 121 Å². The summed E-state index contributed by atoms with van der Waals surface area (Å²) >= 11 is 0. The smallest absolute Gasteiger partial charge is 1.00 e. The van der Waals surface area contributed by atoms with Crippen molar-refractivity contribution in [3.05, 3.63) is 59.7 Å². The quantitative estimate of drug-likeness (QED) is 0.00987. The number of aliphatic hydroxyl groups is 2. The maximum Gasteiger partial charge on any atom is 1.00 e. The van der Waals surface area contributed by atoms with Gasteiger partial charge in [-0.25, -0.2) is 9.13 Å². The van der Waals surface area contributed by atoms with Crippen molar-refractivity contribution >= 4 is 51.2 Å². The second-order valence-corrected chi connectivity index (χ2v) is 34.5. The van der Waals surface area contributed by atoms with Gasteiger partial charge in [-0.15, -0.1) is 0 Å². The maximum atomic E-state index is 13.9. The molecule has 0 aromatic heterocycles. The summed E-state index contributed by atoms with van der Waals surface area (Å²) in [6.45, 7) is 10.6. The predicted octanol–water partition coefficient (Wildman–Crippen LogP) is 14.7. The molecule has 0 bridgehead atoms. The van der Waals surface area contributed by atoms with E-state index in [1.54, 1.807) is 0 Å². The number of phosphoric acid groups is 2. The molecule has 0 radical (unpaired) electrons. The van der Waals surface area contributed by atoms with Crippen molar-refractivity contribution < 1.29 is 157 Å². The molecule has 0 spiro atoms. The Hall–Kier alpha value is -2.42. The molecule has 24 nitrogen and oxygen atoms in total. The third-order valence-electron chi connectivity index (χ3n) is 20.4. The molecule has 28 heteroatoms. The number of phosphoric ester groups is 2. The predicted molar refractivity (Wildman–Crippen MR) is 466 cm³/mol. The molecule has 1 aromatic carbocycles. The molecule has 118 heavy (non-hydrogen) atoms. The maximum absolute atomic E-state index is 13.9. The van der Waals surface area contributed by atoms with Crippen molar-refractivity contribution in [1.29, 1.82) is 0 Å². The largest absolute Gasteiger partial charge is 1.00 e. The van der Waals surface area contributed by atoms with Crippen LogP contribution in [0.4, 0.5) is 0 Å². The molecule has 1 rings (SSSR count). The van der Waals surface area contributed by atoms with Crippen LogP contribution in [-0.2, 0) is 65.4 Å². The van der Waals surface area contributed by atoms with Crippen LogP contribution in [-0.4, -0.2) is 158 Å². The van der Waals surface area contributed by atoms with Crippen molar-refractivity contribution in [2.45, 2.75) is 412 Å². The third-order valence-corrected chi connectivity index (χ3v) is 22.3. The monoisotopic (exact) mass is 1730 g/mol. The SMILES string of the molecule is CCCCCC/C=C/CCCC(=O)O[C@H](CCCCCCCCCCC)CC(=O)NC(COCC[C@H](O)CCCCCCC)COP(=O)(O)OCCNC(=O)c1cccc(C(=O)NCCOP(=O)(O)OCC(COCC[C@H](O)CCCCCCC)NC(=O)C[C@@H](CCCCCCCCCCC)OC(=O)CCC/C=C/CCCCCC)c1.[H-].[H-].[Na+].[Na+]. The van der Waals surface area contributed by atoms with Gasteiger partial charge < -0.3 is 63.1 Å². The zero-order valence-corrected chi connectivity index (χ0v) is 80.9. The van der Waals surface area contributed by atoms with E-state index >= 15 is 0 Å². The fourth-order valence-electron chi connectivity index (χ4n) is 13.3. The van der Waals surface area contributed by atoms with Crippen molar-refractivity contribution in [2.24, 2.45) is 0 Å². The Morgan fingerprint density at radius 1 is 0.381 bits per heavy atom. The summed E-state index contributed by atoms with van der Waals surface area (Å²) in [5, 5.41) is 32.2. The summed E-state index contributed by atoms with van der Waals surface area (Å²) in [5.74, 6) is -2.99. The van der Waals surface area contributed by atoms with Gasteiger partial charge in [0.05, 0.1) is 76.8 Å². The van der Waals surface area contributed by atoms with E-state index in [0.29, 0.717) is 51.4 Å². The van der Waals surface area contributed by atoms with Crippen LogP contribution in [0.1, 0.15) is 399 Å². The fourth-order valence-corrected chi connectivity index (χ4v) is 14.9. The molecule has 0 saturated heterocycles. The molecule has 678 valence electrons. The molecule has 0 aliphatic rings. The molecule has 4 unspecified atom stereocenters. The summed E-state index contributed by atoms with van der Waals surface area (Å²) in [4.78, 5) is 103. The standard InChI is InChI=1S/C90H164N4O20P2.2Na.2H/c1-7-13-19-25-29-33-37-43-49-58-83(113-87(99)60-51-45-39-35-31-27-21-15-9-3)71-85(97)93-79(73-107-66-62-81(95)56-47-41-23-17-11-5)75-111-115(103,104)109-68-64-91-89(101)77-54-53-55-78(70-77)90(102)92-65-69-110-116(105,106)112-76-80(74-108-67-63-82(96)57-48-42-24-18-12-6)94-86(98)72-84(59-50-44-38-34-30-26-20-14-8-2)114-88(100)61-52-46-40-36-32-28-22-16-10-4;;;;/h35-36,39-40,53-55,70,79-84,95-96H,7-34,37-38,41-52,56-69,71-76H2,1-6H3,(H,91,101)(H,92,102)(H,93,97)(H,94,98)(H,103,104)(H,105,106);;;;/q;2*+1;2*-1/b39-35+,40-36+;;;;/t79?,80?,81-,82-,83-,84-;;;;/m1..../s1. The number of esters is 2. The van der Waals surface area contributed by atoms with E-state index in [1.165, 1.54) is 127 Å². The molecule has 0 heterocycles. The molecule has 0 aliphatic heterocycles. The third kappa shape index (κ3) is 73.9. The van der Waals surface area contributed by atoms with Gasteiger partial charge in [-0.3, -0.25) is 46.9 Å². The minimum Gasteiger partial charge on any atom is -1.00 e. The van der Waals surface area contributed by atoms with Crippen molar-refractivity contribution in [3.8, 4) is 0 Å². The molecule has 0 fully saturated rings. The average Bonchev–Trinajstić information content (AvgIpc) is 0.861. The number of carbonyl (C=O) groups excluding carboxylic acids is 6. The van der Waals surface area contributed by atoms with Gasteiger partial charge in [0.2, 0.25) is 11.8 Å². The fraction of sp³-hybridized carbons (Fsp3) is 0.822. The summed E-state index contributed by atoms with van der Waals surface area (Å²) in [6, 6.07) is 3.77. The number of allylic oxidation sites excluding steroid dienone is 4. The second kappa shape index (κ2) is 82.8. The van der Waals surface area contributed by atoms with Gasteiger partial charge in [-0.1, -0.05) is 277 Å². The van der Waals surface area contributed by atoms with Crippen molar-refractivity contribution in [2.75, 3.05) is 65.9 Å². The number of hydrogen-bond donors (Lipinski definition) is 8. The summed E-state index contributed by atoms with van der Waals surface area (Å²) < 4.78 is 71.7. The van der Waals surface area contributed by atoms with Crippen LogP contribution in [0.5, 0.6) is 0 Å². The van der Waals surface area contributed by atoms with E-state index in [1.807, 2.05) is 0 Å². The Kier molecular flexibility index (Phi) is 82.6. The number of rotatable bonds is 84. The normalized spacial score (nSPS) is 14.1. The van der Waals surface area contributed by atoms with Crippen LogP contribution in [0.3, 0.4) is 0 Å². The van der Waals surface area contributed by atoms with E-state index in [-0.39, 0.29) is 150 Å². The molecular weight excluding hydrogens is 1560 g/mol. The minimum atomic E-state index is -4.82. The van der Waals surface area contributed by atoms with Gasteiger partial charge in [0.1, 0.15) is 12.2 Å². The summed E-state index contributed by atoms with van der Waals surface area (Å²) in [6.07, 6.45) is 53.7. The van der Waals surface area contributed by atoms with Crippen molar-refractivity contribution in [3.63, 3.8) is 0 Å². The number of carbonyl (C=O) groups is 6. The van der Waals surface area contributed by atoms with E-state index < -0.39 is 102 Å². The van der Waals surface area contributed by atoms with Gasteiger partial charge in [-0.2, -0.15) is 0 Å². The Morgan fingerprint density at radius 3 is 1.01 bits per heavy atom. The topological polar surface area (TPSA) is 339 Å². The number of amides is 4. The molecular formula is C90H166N4Na2O20P2. The molecule has 0 saturated carbocycles. The zero-order valence-electron chi connectivity index (χ0n) is 77.1. The van der Waals surface area contributed by atoms with Crippen LogP contribution < -0.4 is 80.4 Å². The van der Waals surface area contributed by atoms with Crippen LogP contribution in [0, 0.1) is 0 Å². The van der Waals surface area contributed by atoms with E-state index in [2.05, 4.69) is 87.1 Å². The van der Waals surface area contributed by atoms with Gasteiger partial charge in [0.15, 0.2) is 0 Å². The first-order valence-electron chi connectivity index (χ1n) is 45.9. The molecule has 8 atom stereocenters. The number of hydrogen-bond acceptors (Lipinski definition) is 18. The minimum absolute atomic E-state index is 0. The number of nitrogens with one attached hydrogen (secondary N) is 4. The first kappa shape index (κ1) is 118. The van der Waals surface area contributed by atoms with Crippen LogP contribution >= 0.6 is 15.6 Å².